The van der Waals surface area contributed by atoms with Gasteiger partial charge in [-0.05, 0) is 48.7 Å². The van der Waals surface area contributed by atoms with Crippen molar-refractivity contribution in [2.45, 2.75) is 30.2 Å². The van der Waals surface area contributed by atoms with Crippen LogP contribution in [0.1, 0.15) is 41.2 Å². The van der Waals surface area contributed by atoms with E-state index in [1.165, 1.54) is 12.1 Å². The zero-order valence-electron chi connectivity index (χ0n) is 15.8. The molecule has 28 heavy (non-hydrogen) atoms. The van der Waals surface area contributed by atoms with Crippen molar-refractivity contribution in [3.05, 3.63) is 53.6 Å². The van der Waals surface area contributed by atoms with Crippen LogP contribution in [0.15, 0.2) is 47.4 Å². The molecule has 2 aliphatic rings. The van der Waals surface area contributed by atoms with Crippen molar-refractivity contribution in [2.24, 2.45) is 0 Å². The first-order valence-corrected chi connectivity index (χ1v) is 11.3. The number of rotatable bonds is 3. The number of hydrogen-bond acceptors (Lipinski definition) is 5. The van der Waals surface area contributed by atoms with Crippen molar-refractivity contribution in [3.8, 4) is 11.5 Å². The van der Waals surface area contributed by atoms with Gasteiger partial charge in [-0.3, -0.25) is 4.79 Å². The van der Waals surface area contributed by atoms with E-state index in [1.807, 2.05) is 23.1 Å². The lowest BCUT2D eigenvalue weighted by molar-refractivity contribution is 0.0735. The number of hydrogen-bond donors (Lipinski definition) is 0. The molecule has 7 heteroatoms. The Kier molecular flexibility index (Phi) is 5.02. The summed E-state index contributed by atoms with van der Waals surface area (Å²) in [6, 6.07) is 12.0. The lowest BCUT2D eigenvalue weighted by Gasteiger charge is -2.26. The molecule has 0 N–H and O–H groups in total. The Morgan fingerprint density at radius 3 is 2.61 bits per heavy atom. The third-order valence-corrected chi connectivity index (χ3v) is 6.29. The van der Waals surface area contributed by atoms with Gasteiger partial charge in [0.15, 0.2) is 21.3 Å². The minimum Gasteiger partial charge on any atom is -0.490 e. The number of fused-ring (bicyclic) bond motifs is 1. The summed E-state index contributed by atoms with van der Waals surface area (Å²) >= 11 is 0. The fourth-order valence-electron chi connectivity index (χ4n) is 3.77. The van der Waals surface area contributed by atoms with Crippen molar-refractivity contribution in [1.82, 2.24) is 4.90 Å². The minimum atomic E-state index is -3.36. The highest BCUT2D eigenvalue weighted by Gasteiger charge is 2.31. The van der Waals surface area contributed by atoms with E-state index < -0.39 is 9.84 Å². The third kappa shape index (κ3) is 3.71. The minimum absolute atomic E-state index is 0.0634. The van der Waals surface area contributed by atoms with Crippen LogP contribution in [0.4, 0.5) is 0 Å². The van der Waals surface area contributed by atoms with Crippen LogP contribution in [-0.2, 0) is 9.84 Å². The molecule has 2 aromatic carbocycles. The summed E-state index contributed by atoms with van der Waals surface area (Å²) in [6.45, 7) is 1.89. The number of sulfone groups is 1. The lowest BCUT2D eigenvalue weighted by Crippen LogP contribution is -2.30. The first-order valence-electron chi connectivity index (χ1n) is 9.44. The van der Waals surface area contributed by atoms with Gasteiger partial charge in [0.1, 0.15) is 0 Å². The van der Waals surface area contributed by atoms with E-state index >= 15 is 0 Å². The molecule has 148 valence electrons. The van der Waals surface area contributed by atoms with Crippen LogP contribution in [-0.4, -0.2) is 45.2 Å². The van der Waals surface area contributed by atoms with Crippen molar-refractivity contribution < 1.29 is 22.7 Å². The van der Waals surface area contributed by atoms with E-state index in [1.54, 1.807) is 12.1 Å². The number of nitrogens with zero attached hydrogens (tertiary/aromatic N) is 1. The highest BCUT2D eigenvalue weighted by Crippen LogP contribution is 2.38. The molecule has 2 aliphatic heterocycles. The average Bonchev–Trinajstić information content (AvgIpc) is 3.05. The summed E-state index contributed by atoms with van der Waals surface area (Å²) in [7, 11) is -3.36. The summed E-state index contributed by atoms with van der Waals surface area (Å²) in [4.78, 5) is 15.1. The molecular formula is C21H23NO5S. The smallest absolute Gasteiger partial charge is 0.254 e. The normalized spacial score (nSPS) is 19.3. The number of likely N-dealkylation sites (tertiary alicyclic amines) is 1. The zero-order valence-corrected chi connectivity index (χ0v) is 16.6. The van der Waals surface area contributed by atoms with Crippen molar-refractivity contribution >= 4 is 15.7 Å². The molecule has 0 radical (unpaired) electrons. The fourth-order valence-corrected chi connectivity index (χ4v) is 4.44. The van der Waals surface area contributed by atoms with Crippen LogP contribution in [0, 0.1) is 0 Å². The van der Waals surface area contributed by atoms with E-state index in [0.29, 0.717) is 31.1 Å². The van der Waals surface area contributed by atoms with Crippen LogP contribution in [0.3, 0.4) is 0 Å². The predicted molar refractivity (Wildman–Crippen MR) is 105 cm³/mol. The molecule has 1 saturated heterocycles. The van der Waals surface area contributed by atoms with Gasteiger partial charge in [0.2, 0.25) is 0 Å². The molecule has 1 fully saturated rings. The number of ether oxygens (including phenoxy) is 2. The Balaban J connectivity index is 1.62. The summed E-state index contributed by atoms with van der Waals surface area (Å²) in [5.41, 5.74) is 1.40. The first-order chi connectivity index (χ1) is 13.4. The van der Waals surface area contributed by atoms with Gasteiger partial charge in [0, 0.05) is 24.8 Å². The van der Waals surface area contributed by atoms with E-state index in [4.69, 9.17) is 9.47 Å². The highest BCUT2D eigenvalue weighted by molar-refractivity contribution is 7.90. The van der Waals surface area contributed by atoms with Gasteiger partial charge in [-0.15, -0.1) is 0 Å². The molecule has 1 atom stereocenters. The van der Waals surface area contributed by atoms with Crippen molar-refractivity contribution in [2.75, 3.05) is 26.0 Å². The van der Waals surface area contributed by atoms with Gasteiger partial charge in [-0.2, -0.15) is 0 Å². The Labute approximate surface area is 165 Å². The number of carbonyl (C=O) groups excluding carboxylic acids is 1. The molecule has 0 aromatic heterocycles. The molecule has 0 aliphatic carbocycles. The first kappa shape index (κ1) is 18.8. The van der Waals surface area contributed by atoms with Gasteiger partial charge >= 0.3 is 0 Å². The maximum atomic E-state index is 13.1. The second-order valence-corrected chi connectivity index (χ2v) is 9.23. The van der Waals surface area contributed by atoms with E-state index in [2.05, 4.69) is 0 Å². The van der Waals surface area contributed by atoms with Gasteiger partial charge in [-0.25, -0.2) is 8.42 Å². The van der Waals surface area contributed by atoms with Crippen LogP contribution in [0.25, 0.3) is 0 Å². The number of carbonyl (C=O) groups is 1. The van der Waals surface area contributed by atoms with Crippen LogP contribution >= 0.6 is 0 Å². The van der Waals surface area contributed by atoms with E-state index in [9.17, 15) is 13.2 Å². The second-order valence-electron chi connectivity index (χ2n) is 7.21. The number of amides is 1. The second kappa shape index (κ2) is 7.47. The topological polar surface area (TPSA) is 72.9 Å². The molecular weight excluding hydrogens is 378 g/mol. The van der Waals surface area contributed by atoms with Gasteiger partial charge in [0.05, 0.1) is 24.2 Å². The fraction of sp³-hybridized carbons (Fsp3) is 0.381. The third-order valence-electron chi connectivity index (χ3n) is 5.18. The maximum Gasteiger partial charge on any atom is 0.254 e. The largest absolute Gasteiger partial charge is 0.490 e. The monoisotopic (exact) mass is 401 g/mol. The summed E-state index contributed by atoms with van der Waals surface area (Å²) in [6.07, 6.45) is 3.75. The Hall–Kier alpha value is -2.54. The molecule has 6 nitrogen and oxygen atoms in total. The molecule has 1 amide bonds. The van der Waals surface area contributed by atoms with Crippen molar-refractivity contribution in [1.29, 1.82) is 0 Å². The van der Waals surface area contributed by atoms with Crippen LogP contribution in [0.5, 0.6) is 11.5 Å². The van der Waals surface area contributed by atoms with E-state index in [-0.39, 0.29) is 16.8 Å². The van der Waals surface area contributed by atoms with Crippen molar-refractivity contribution in [3.63, 3.8) is 0 Å². The summed E-state index contributed by atoms with van der Waals surface area (Å²) in [5.74, 6) is 1.30. The quantitative estimate of drug-likeness (QED) is 0.790. The average molecular weight is 401 g/mol. The molecule has 1 unspecified atom stereocenters. The highest BCUT2D eigenvalue weighted by atomic mass is 32.2. The molecule has 2 heterocycles. The van der Waals surface area contributed by atoms with Gasteiger partial charge < -0.3 is 14.4 Å². The summed E-state index contributed by atoms with van der Waals surface area (Å²) in [5, 5.41) is 0. The number of benzene rings is 2. The predicted octanol–water partition coefficient (Wildman–Crippen LogP) is 3.23. The molecule has 0 saturated carbocycles. The Bertz CT molecular complexity index is 1000. The zero-order chi connectivity index (χ0) is 19.7. The summed E-state index contributed by atoms with van der Waals surface area (Å²) < 4.78 is 35.1. The van der Waals surface area contributed by atoms with Gasteiger partial charge in [-0.1, -0.05) is 12.1 Å². The standard InChI is InChI=1S/C21H23NO5S/c1-28(24,25)17-6-2-5-16(13-17)21(23)22-10-3-7-18(22)15-8-9-19-20(14-15)27-12-4-11-26-19/h2,5-6,8-9,13-14,18H,3-4,7,10-12H2,1H3. The van der Waals surface area contributed by atoms with Crippen LogP contribution < -0.4 is 9.47 Å². The Morgan fingerprint density at radius 1 is 1.04 bits per heavy atom. The van der Waals surface area contributed by atoms with Crippen LogP contribution in [0.2, 0.25) is 0 Å². The SMILES string of the molecule is CS(=O)(=O)c1cccc(C(=O)N2CCCC2c2ccc3c(c2)OCCCO3)c1. The van der Waals surface area contributed by atoms with E-state index in [0.717, 1.165) is 36.8 Å². The van der Waals surface area contributed by atoms with Gasteiger partial charge in [0.25, 0.3) is 5.91 Å². The Morgan fingerprint density at radius 2 is 1.82 bits per heavy atom. The molecule has 2 aromatic rings. The molecule has 0 bridgehead atoms. The lowest BCUT2D eigenvalue weighted by atomic mass is 10.0. The maximum absolute atomic E-state index is 13.1. The molecule has 4 rings (SSSR count). The molecule has 0 spiro atoms.